The van der Waals surface area contributed by atoms with Gasteiger partial charge in [0.2, 0.25) is 0 Å². The molecule has 0 saturated heterocycles. The summed E-state index contributed by atoms with van der Waals surface area (Å²) in [5, 5.41) is 9.89. The molecule has 0 aliphatic carbocycles. The highest BCUT2D eigenvalue weighted by Crippen LogP contribution is 2.32. The van der Waals surface area contributed by atoms with Crippen LogP contribution in [0, 0.1) is 0 Å². The second kappa shape index (κ2) is 9.73. The molecule has 0 bridgehead atoms. The van der Waals surface area contributed by atoms with E-state index in [0.717, 1.165) is 5.56 Å². The minimum atomic E-state index is -3.68. The number of hydrogen-bond acceptors (Lipinski definition) is 5. The van der Waals surface area contributed by atoms with E-state index in [4.69, 9.17) is 10.2 Å². The molecule has 6 nitrogen and oxygen atoms in total. The second-order valence-corrected chi connectivity index (χ2v) is 8.40. The highest BCUT2D eigenvalue weighted by atomic mass is 35.5. The number of furan rings is 1. The highest BCUT2D eigenvalue weighted by Gasteiger charge is 2.24. The molecule has 0 amide bonds. The first-order valence-electron chi connectivity index (χ1n) is 8.82. The van der Waals surface area contributed by atoms with Gasteiger partial charge in [-0.25, -0.2) is 13.2 Å². The van der Waals surface area contributed by atoms with Gasteiger partial charge >= 0.3 is 5.97 Å². The van der Waals surface area contributed by atoms with Gasteiger partial charge in [-0.3, -0.25) is 0 Å². The molecule has 0 fully saturated rings. The molecule has 0 saturated carbocycles. The molecular weight excluding hydrogens is 414 g/mol. The third kappa shape index (κ3) is 5.06. The third-order valence-electron chi connectivity index (χ3n) is 4.52. The maximum atomic E-state index is 12.8. The van der Waals surface area contributed by atoms with Gasteiger partial charge in [0.1, 0.15) is 0 Å². The monoisotopic (exact) mass is 435 g/mol. The molecule has 3 N–H and O–H groups in total. The zero-order chi connectivity index (χ0) is 20.1. The number of sulfone groups is 1. The van der Waals surface area contributed by atoms with Crippen molar-refractivity contribution in [2.24, 2.45) is 5.73 Å². The van der Waals surface area contributed by atoms with Crippen LogP contribution in [0.15, 0.2) is 70.4 Å². The topological polar surface area (TPSA) is 111 Å². The Labute approximate surface area is 175 Å². The Morgan fingerprint density at radius 1 is 1.07 bits per heavy atom. The van der Waals surface area contributed by atoms with E-state index in [1.807, 2.05) is 0 Å². The number of halogens is 1. The van der Waals surface area contributed by atoms with Crippen molar-refractivity contribution in [2.75, 3.05) is 6.54 Å². The standard InChI is InChI=1S/C21H21NO5S.ClH/c22-11-4-7-19-18(15-10-12-27-13-15)9-8-16(20(19)21(23)24)14-28(25,26)17-5-2-1-3-6-17;/h1-3,5-6,8-10,12-13H,4,7,11,14,22H2,(H,23,24);1H. The number of nitrogens with two attached hydrogens (primary N) is 1. The normalized spacial score (nSPS) is 11.1. The number of benzene rings is 2. The van der Waals surface area contributed by atoms with Crippen molar-refractivity contribution in [3.63, 3.8) is 0 Å². The first-order chi connectivity index (χ1) is 13.4. The molecule has 1 aromatic heterocycles. The Morgan fingerprint density at radius 3 is 2.38 bits per heavy atom. The Hall–Kier alpha value is -2.61. The van der Waals surface area contributed by atoms with E-state index in [0.29, 0.717) is 30.5 Å². The molecule has 1 heterocycles. The molecule has 29 heavy (non-hydrogen) atoms. The van der Waals surface area contributed by atoms with Gasteiger partial charge in [0.25, 0.3) is 0 Å². The number of carboxylic acid groups (broad SMARTS) is 1. The maximum Gasteiger partial charge on any atom is 0.336 e. The average molecular weight is 436 g/mol. The fraction of sp³-hybridized carbons (Fsp3) is 0.190. The van der Waals surface area contributed by atoms with Crippen molar-refractivity contribution in [2.45, 2.75) is 23.5 Å². The molecule has 0 radical (unpaired) electrons. The van der Waals surface area contributed by atoms with Crippen LogP contribution in [0.4, 0.5) is 0 Å². The molecule has 2 aromatic carbocycles. The number of hydrogen-bond donors (Lipinski definition) is 2. The lowest BCUT2D eigenvalue weighted by atomic mass is 9.90. The zero-order valence-corrected chi connectivity index (χ0v) is 17.2. The lowest BCUT2D eigenvalue weighted by molar-refractivity contribution is 0.0695. The summed E-state index contributed by atoms with van der Waals surface area (Å²) in [5.41, 5.74) is 7.93. The Bertz CT molecular complexity index is 1060. The van der Waals surface area contributed by atoms with E-state index in [1.165, 1.54) is 24.7 Å². The van der Waals surface area contributed by atoms with E-state index in [9.17, 15) is 18.3 Å². The van der Waals surface area contributed by atoms with Crippen LogP contribution < -0.4 is 5.73 Å². The molecule has 3 rings (SSSR count). The smallest absolute Gasteiger partial charge is 0.336 e. The van der Waals surface area contributed by atoms with Crippen LogP contribution in [0.5, 0.6) is 0 Å². The van der Waals surface area contributed by atoms with E-state index in [2.05, 4.69) is 0 Å². The van der Waals surface area contributed by atoms with Gasteiger partial charge in [0.05, 0.1) is 28.7 Å². The predicted molar refractivity (Wildman–Crippen MR) is 113 cm³/mol. The zero-order valence-electron chi connectivity index (χ0n) is 15.6. The van der Waals surface area contributed by atoms with Gasteiger partial charge in [-0.2, -0.15) is 0 Å². The molecule has 0 aliphatic rings. The summed E-state index contributed by atoms with van der Waals surface area (Å²) in [5.74, 6) is -1.55. The first kappa shape index (κ1) is 22.7. The summed E-state index contributed by atoms with van der Waals surface area (Å²) in [6.45, 7) is 0.399. The van der Waals surface area contributed by atoms with Gasteiger partial charge in [0.15, 0.2) is 9.84 Å². The van der Waals surface area contributed by atoms with Crippen molar-refractivity contribution in [1.29, 1.82) is 0 Å². The van der Waals surface area contributed by atoms with Crippen LogP contribution in [0.3, 0.4) is 0 Å². The van der Waals surface area contributed by atoms with Gasteiger partial charge in [-0.05, 0) is 54.3 Å². The summed E-state index contributed by atoms with van der Waals surface area (Å²) in [6.07, 6.45) is 4.06. The van der Waals surface area contributed by atoms with E-state index in [1.54, 1.807) is 36.4 Å². The van der Waals surface area contributed by atoms with Gasteiger partial charge in [-0.15, -0.1) is 12.4 Å². The quantitative estimate of drug-likeness (QED) is 0.554. The third-order valence-corrected chi connectivity index (χ3v) is 6.21. The molecule has 154 valence electrons. The number of carboxylic acids is 1. The molecule has 0 atom stereocenters. The minimum Gasteiger partial charge on any atom is -0.478 e. The lowest BCUT2D eigenvalue weighted by Gasteiger charge is -2.16. The number of aromatic carboxylic acids is 1. The highest BCUT2D eigenvalue weighted by molar-refractivity contribution is 7.90. The Balaban J connectivity index is 0.00000300. The number of rotatable bonds is 8. The molecular formula is C21H22ClNO5S. The summed E-state index contributed by atoms with van der Waals surface area (Å²) in [4.78, 5) is 12.3. The largest absolute Gasteiger partial charge is 0.478 e. The fourth-order valence-corrected chi connectivity index (χ4v) is 4.61. The second-order valence-electron chi connectivity index (χ2n) is 6.41. The Kier molecular flexibility index (Phi) is 7.61. The SMILES string of the molecule is Cl.NCCCc1c(-c2ccoc2)ccc(CS(=O)(=O)c2ccccc2)c1C(=O)O. The summed E-state index contributed by atoms with van der Waals surface area (Å²) in [6, 6.07) is 13.1. The van der Waals surface area contributed by atoms with Crippen molar-refractivity contribution >= 4 is 28.2 Å². The molecule has 0 spiro atoms. The number of carbonyl (C=O) groups is 1. The predicted octanol–water partition coefficient (Wildman–Crippen LogP) is 3.93. The van der Waals surface area contributed by atoms with Crippen molar-refractivity contribution in [3.8, 4) is 11.1 Å². The van der Waals surface area contributed by atoms with E-state index >= 15 is 0 Å². The fourth-order valence-electron chi connectivity index (χ4n) is 3.23. The van der Waals surface area contributed by atoms with Crippen molar-refractivity contribution < 1.29 is 22.7 Å². The van der Waals surface area contributed by atoms with Crippen LogP contribution in [0.25, 0.3) is 11.1 Å². The first-order valence-corrected chi connectivity index (χ1v) is 10.5. The molecule has 0 aliphatic heterocycles. The van der Waals surface area contributed by atoms with Gasteiger partial charge < -0.3 is 15.3 Å². The average Bonchev–Trinajstić information content (AvgIpc) is 3.21. The van der Waals surface area contributed by atoms with Crippen LogP contribution >= 0.6 is 12.4 Å². The van der Waals surface area contributed by atoms with Crippen LogP contribution in [0.2, 0.25) is 0 Å². The van der Waals surface area contributed by atoms with Crippen molar-refractivity contribution in [3.05, 3.63) is 77.7 Å². The summed E-state index contributed by atoms with van der Waals surface area (Å²) < 4.78 is 30.7. The van der Waals surface area contributed by atoms with E-state index in [-0.39, 0.29) is 34.2 Å². The van der Waals surface area contributed by atoms with Crippen LogP contribution in [-0.4, -0.2) is 26.0 Å². The van der Waals surface area contributed by atoms with Crippen LogP contribution in [-0.2, 0) is 22.0 Å². The van der Waals surface area contributed by atoms with E-state index < -0.39 is 15.8 Å². The lowest BCUT2D eigenvalue weighted by Crippen LogP contribution is -2.14. The Morgan fingerprint density at radius 2 is 1.79 bits per heavy atom. The summed E-state index contributed by atoms with van der Waals surface area (Å²) in [7, 11) is -3.68. The van der Waals surface area contributed by atoms with Gasteiger partial charge in [-0.1, -0.05) is 30.3 Å². The molecule has 0 unspecified atom stereocenters. The molecule has 8 heteroatoms. The molecule has 3 aromatic rings. The van der Waals surface area contributed by atoms with Crippen molar-refractivity contribution in [1.82, 2.24) is 0 Å². The van der Waals surface area contributed by atoms with Gasteiger partial charge in [0, 0.05) is 5.56 Å². The minimum absolute atomic E-state index is 0. The maximum absolute atomic E-state index is 12.8. The van der Waals surface area contributed by atoms with Crippen LogP contribution in [0.1, 0.15) is 27.9 Å². The summed E-state index contributed by atoms with van der Waals surface area (Å²) >= 11 is 0.